The summed E-state index contributed by atoms with van der Waals surface area (Å²) < 4.78 is 13.3. The van der Waals surface area contributed by atoms with Gasteiger partial charge in [-0.3, -0.25) is 0 Å². The first-order valence-electron chi connectivity index (χ1n) is 7.26. The molecule has 0 spiro atoms. The SMILES string of the molecule is CCCN1CCCC(O)(c2ccc(F)c(C)c2)CC1. The van der Waals surface area contributed by atoms with Crippen LogP contribution in [-0.4, -0.2) is 29.6 Å². The van der Waals surface area contributed by atoms with Crippen LogP contribution in [0.2, 0.25) is 0 Å². The van der Waals surface area contributed by atoms with Crippen molar-refractivity contribution in [2.45, 2.75) is 45.1 Å². The molecule has 0 radical (unpaired) electrons. The van der Waals surface area contributed by atoms with Crippen LogP contribution in [0.4, 0.5) is 4.39 Å². The summed E-state index contributed by atoms with van der Waals surface area (Å²) in [4.78, 5) is 2.41. The molecule has 1 unspecified atom stereocenters. The molecule has 1 atom stereocenters. The fraction of sp³-hybridized carbons (Fsp3) is 0.625. The Labute approximate surface area is 115 Å². The number of aryl methyl sites for hydroxylation is 1. The predicted molar refractivity (Wildman–Crippen MR) is 75.6 cm³/mol. The standard InChI is InChI=1S/C16H24FNO/c1-3-9-18-10-4-7-16(19,8-11-18)14-5-6-15(17)13(2)12-14/h5-6,12,19H,3-4,7-11H2,1-2H3. The molecule has 2 rings (SSSR count). The van der Waals surface area contributed by atoms with Crippen LogP contribution in [0, 0.1) is 12.7 Å². The highest BCUT2D eigenvalue weighted by Crippen LogP contribution is 2.33. The summed E-state index contributed by atoms with van der Waals surface area (Å²) in [5.74, 6) is -0.200. The summed E-state index contributed by atoms with van der Waals surface area (Å²) in [5.41, 5.74) is 0.686. The molecule has 1 aliphatic heterocycles. The Morgan fingerprint density at radius 1 is 1.32 bits per heavy atom. The van der Waals surface area contributed by atoms with Crippen molar-refractivity contribution in [2.24, 2.45) is 0 Å². The van der Waals surface area contributed by atoms with Crippen LogP contribution in [0.25, 0.3) is 0 Å². The van der Waals surface area contributed by atoms with Crippen molar-refractivity contribution >= 4 is 0 Å². The van der Waals surface area contributed by atoms with Gasteiger partial charge in [0.2, 0.25) is 0 Å². The van der Waals surface area contributed by atoms with Crippen molar-refractivity contribution in [1.29, 1.82) is 0 Å². The molecular formula is C16H24FNO. The zero-order valence-electron chi connectivity index (χ0n) is 12.0. The molecule has 1 fully saturated rings. The van der Waals surface area contributed by atoms with Gasteiger partial charge in [-0.25, -0.2) is 4.39 Å². The third-order valence-electron chi connectivity index (χ3n) is 4.14. The monoisotopic (exact) mass is 265 g/mol. The quantitative estimate of drug-likeness (QED) is 0.907. The molecule has 1 aromatic rings. The summed E-state index contributed by atoms with van der Waals surface area (Å²) in [6.45, 7) is 7.00. The lowest BCUT2D eigenvalue weighted by Crippen LogP contribution is -2.29. The van der Waals surface area contributed by atoms with E-state index < -0.39 is 5.60 Å². The van der Waals surface area contributed by atoms with E-state index in [1.807, 2.05) is 0 Å². The zero-order chi connectivity index (χ0) is 13.9. The van der Waals surface area contributed by atoms with Gasteiger partial charge < -0.3 is 10.0 Å². The molecule has 0 saturated carbocycles. The number of benzene rings is 1. The van der Waals surface area contributed by atoms with E-state index in [4.69, 9.17) is 0 Å². The summed E-state index contributed by atoms with van der Waals surface area (Å²) in [6, 6.07) is 5.00. The molecule has 1 N–H and O–H groups in total. The van der Waals surface area contributed by atoms with Gasteiger partial charge in [0.15, 0.2) is 0 Å². The molecule has 1 heterocycles. The van der Waals surface area contributed by atoms with Crippen LogP contribution in [0.5, 0.6) is 0 Å². The molecule has 1 saturated heterocycles. The van der Waals surface area contributed by atoms with Crippen LogP contribution in [-0.2, 0) is 5.60 Å². The van der Waals surface area contributed by atoms with E-state index in [9.17, 15) is 9.50 Å². The molecule has 0 amide bonds. The Morgan fingerprint density at radius 2 is 2.11 bits per heavy atom. The minimum Gasteiger partial charge on any atom is -0.385 e. The van der Waals surface area contributed by atoms with E-state index in [-0.39, 0.29) is 5.82 Å². The third-order valence-corrected chi connectivity index (χ3v) is 4.14. The fourth-order valence-corrected chi connectivity index (χ4v) is 2.94. The lowest BCUT2D eigenvalue weighted by atomic mass is 9.86. The van der Waals surface area contributed by atoms with Crippen molar-refractivity contribution in [1.82, 2.24) is 4.90 Å². The van der Waals surface area contributed by atoms with Crippen LogP contribution in [0.15, 0.2) is 18.2 Å². The number of likely N-dealkylation sites (tertiary alicyclic amines) is 1. The number of aliphatic hydroxyl groups is 1. The average molecular weight is 265 g/mol. The Morgan fingerprint density at radius 3 is 2.79 bits per heavy atom. The minimum absolute atomic E-state index is 0.200. The van der Waals surface area contributed by atoms with Gasteiger partial charge in [-0.05, 0) is 62.9 Å². The summed E-state index contributed by atoms with van der Waals surface area (Å²) in [7, 11) is 0. The third kappa shape index (κ3) is 3.34. The highest BCUT2D eigenvalue weighted by Gasteiger charge is 2.32. The second-order valence-electron chi connectivity index (χ2n) is 5.69. The molecule has 1 aromatic carbocycles. The van der Waals surface area contributed by atoms with Crippen molar-refractivity contribution in [3.63, 3.8) is 0 Å². The number of halogens is 1. The van der Waals surface area contributed by atoms with Gasteiger partial charge in [0.25, 0.3) is 0 Å². The van der Waals surface area contributed by atoms with Gasteiger partial charge in [0.05, 0.1) is 5.60 Å². The van der Waals surface area contributed by atoms with Gasteiger partial charge in [-0.1, -0.05) is 19.1 Å². The molecule has 0 bridgehead atoms. The smallest absolute Gasteiger partial charge is 0.126 e. The van der Waals surface area contributed by atoms with Crippen molar-refractivity contribution in [3.8, 4) is 0 Å². The summed E-state index contributed by atoms with van der Waals surface area (Å²) in [6.07, 6.45) is 3.64. The van der Waals surface area contributed by atoms with Crippen molar-refractivity contribution in [3.05, 3.63) is 35.1 Å². The predicted octanol–water partition coefficient (Wildman–Crippen LogP) is 3.22. The minimum atomic E-state index is -0.791. The largest absolute Gasteiger partial charge is 0.385 e. The van der Waals surface area contributed by atoms with E-state index in [1.54, 1.807) is 19.1 Å². The van der Waals surface area contributed by atoms with Crippen molar-refractivity contribution < 1.29 is 9.50 Å². The Hall–Kier alpha value is -0.930. The highest BCUT2D eigenvalue weighted by molar-refractivity contribution is 5.29. The van der Waals surface area contributed by atoms with E-state index in [0.717, 1.165) is 50.9 Å². The van der Waals surface area contributed by atoms with Crippen LogP contribution in [0.3, 0.4) is 0 Å². The normalized spacial score (nSPS) is 25.3. The molecule has 106 valence electrons. The van der Waals surface area contributed by atoms with E-state index in [2.05, 4.69) is 11.8 Å². The maximum Gasteiger partial charge on any atom is 0.126 e. The first kappa shape index (κ1) is 14.5. The van der Waals surface area contributed by atoms with Gasteiger partial charge in [-0.2, -0.15) is 0 Å². The summed E-state index contributed by atoms with van der Waals surface area (Å²) in [5, 5.41) is 10.9. The lowest BCUT2D eigenvalue weighted by Gasteiger charge is -2.28. The second-order valence-corrected chi connectivity index (χ2v) is 5.69. The molecule has 3 heteroatoms. The number of rotatable bonds is 3. The average Bonchev–Trinajstić information content (AvgIpc) is 2.57. The highest BCUT2D eigenvalue weighted by atomic mass is 19.1. The van der Waals surface area contributed by atoms with Crippen LogP contribution in [0.1, 0.15) is 43.7 Å². The number of hydrogen-bond acceptors (Lipinski definition) is 2. The number of hydrogen-bond donors (Lipinski definition) is 1. The lowest BCUT2D eigenvalue weighted by molar-refractivity contribution is 0.0211. The van der Waals surface area contributed by atoms with Gasteiger partial charge in [0.1, 0.15) is 5.82 Å². The van der Waals surface area contributed by atoms with Gasteiger partial charge in [0, 0.05) is 6.54 Å². The van der Waals surface area contributed by atoms with Crippen molar-refractivity contribution in [2.75, 3.05) is 19.6 Å². The Balaban J connectivity index is 2.15. The maximum absolute atomic E-state index is 13.3. The molecule has 1 aliphatic rings. The first-order valence-corrected chi connectivity index (χ1v) is 7.26. The zero-order valence-corrected chi connectivity index (χ0v) is 12.0. The van der Waals surface area contributed by atoms with Gasteiger partial charge in [-0.15, -0.1) is 0 Å². The van der Waals surface area contributed by atoms with E-state index in [1.165, 1.54) is 6.07 Å². The van der Waals surface area contributed by atoms with E-state index in [0.29, 0.717) is 5.56 Å². The van der Waals surface area contributed by atoms with Crippen LogP contribution >= 0.6 is 0 Å². The molecular weight excluding hydrogens is 241 g/mol. The molecule has 19 heavy (non-hydrogen) atoms. The first-order chi connectivity index (χ1) is 9.05. The molecule has 0 aromatic heterocycles. The topological polar surface area (TPSA) is 23.5 Å². The Bertz CT molecular complexity index is 435. The maximum atomic E-state index is 13.3. The van der Waals surface area contributed by atoms with Gasteiger partial charge >= 0.3 is 0 Å². The number of nitrogens with zero attached hydrogens (tertiary/aromatic N) is 1. The van der Waals surface area contributed by atoms with Crippen LogP contribution < -0.4 is 0 Å². The molecule has 2 nitrogen and oxygen atoms in total. The summed E-state index contributed by atoms with van der Waals surface area (Å²) >= 11 is 0. The fourth-order valence-electron chi connectivity index (χ4n) is 2.94. The Kier molecular flexibility index (Phi) is 4.58. The van der Waals surface area contributed by atoms with E-state index >= 15 is 0 Å². The second kappa shape index (κ2) is 6.02. The molecule has 0 aliphatic carbocycles.